The minimum absolute atomic E-state index is 0.182. The maximum absolute atomic E-state index is 11.8. The van der Waals surface area contributed by atoms with E-state index in [1.54, 1.807) is 7.11 Å². The van der Waals surface area contributed by atoms with Crippen molar-refractivity contribution in [2.45, 2.75) is 62.9 Å². The highest BCUT2D eigenvalue weighted by Crippen LogP contribution is 2.39. The van der Waals surface area contributed by atoms with Crippen LogP contribution in [0.2, 0.25) is 0 Å². The van der Waals surface area contributed by atoms with Gasteiger partial charge >= 0.3 is 0 Å². The first-order chi connectivity index (χ1) is 9.25. The number of hydrogen-bond acceptors (Lipinski definition) is 5. The van der Waals surface area contributed by atoms with E-state index in [4.69, 9.17) is 9.26 Å². The van der Waals surface area contributed by atoms with E-state index < -0.39 is 5.60 Å². The Balaban J connectivity index is 1.85. The Morgan fingerprint density at radius 2 is 2.05 bits per heavy atom. The summed E-state index contributed by atoms with van der Waals surface area (Å²) in [4.78, 5) is 16.2. The summed E-state index contributed by atoms with van der Waals surface area (Å²) >= 11 is 0. The Kier molecular flexibility index (Phi) is 3.39. The maximum atomic E-state index is 11.8. The predicted octanol–water partition coefficient (Wildman–Crippen LogP) is 2.71. The van der Waals surface area contributed by atoms with E-state index >= 15 is 0 Å². The molecule has 1 aromatic heterocycles. The van der Waals surface area contributed by atoms with Crippen LogP contribution >= 0.6 is 0 Å². The molecular formula is C14H20N2O3. The zero-order valence-electron chi connectivity index (χ0n) is 11.4. The zero-order chi connectivity index (χ0) is 13.3. The first kappa shape index (κ1) is 12.8. The molecule has 0 spiro atoms. The van der Waals surface area contributed by atoms with E-state index in [2.05, 4.69) is 10.1 Å². The van der Waals surface area contributed by atoms with Gasteiger partial charge in [0.05, 0.1) is 5.92 Å². The van der Waals surface area contributed by atoms with Crippen molar-refractivity contribution >= 4 is 5.78 Å². The monoisotopic (exact) mass is 264 g/mol. The fourth-order valence-electron chi connectivity index (χ4n) is 3.28. The van der Waals surface area contributed by atoms with Gasteiger partial charge < -0.3 is 9.26 Å². The number of rotatable bonds is 3. The Bertz CT molecular complexity index is 463. The number of methoxy groups -OCH3 is 1. The molecule has 2 saturated carbocycles. The van der Waals surface area contributed by atoms with Crippen LogP contribution in [-0.4, -0.2) is 23.0 Å². The van der Waals surface area contributed by atoms with Crippen molar-refractivity contribution in [3.05, 3.63) is 11.7 Å². The molecule has 104 valence electrons. The molecule has 0 bridgehead atoms. The molecule has 2 aliphatic rings. The second kappa shape index (κ2) is 5.04. The number of hydrogen-bond donors (Lipinski definition) is 0. The summed E-state index contributed by atoms with van der Waals surface area (Å²) in [7, 11) is 1.71. The number of ether oxygens (including phenoxy) is 1. The Morgan fingerprint density at radius 3 is 2.68 bits per heavy atom. The number of ketones is 1. The molecule has 1 aromatic rings. The summed E-state index contributed by atoms with van der Waals surface area (Å²) in [5, 5.41) is 4.10. The lowest BCUT2D eigenvalue weighted by atomic mass is 9.84. The fourth-order valence-corrected chi connectivity index (χ4v) is 3.28. The zero-order valence-corrected chi connectivity index (χ0v) is 11.4. The van der Waals surface area contributed by atoms with E-state index in [0.717, 1.165) is 38.5 Å². The smallest absolute Gasteiger partial charge is 0.237 e. The van der Waals surface area contributed by atoms with E-state index in [-0.39, 0.29) is 11.7 Å². The molecule has 0 N–H and O–H groups in total. The van der Waals surface area contributed by atoms with Crippen LogP contribution < -0.4 is 0 Å². The molecule has 2 fully saturated rings. The van der Waals surface area contributed by atoms with Crippen LogP contribution in [0.1, 0.15) is 69.0 Å². The molecule has 3 rings (SSSR count). The number of carbonyl (C=O) groups is 1. The summed E-state index contributed by atoms with van der Waals surface area (Å²) in [5.74, 6) is 1.16. The normalized spacial score (nSPS) is 26.8. The topological polar surface area (TPSA) is 65.2 Å². The molecule has 19 heavy (non-hydrogen) atoms. The van der Waals surface area contributed by atoms with Crippen LogP contribution in [0.3, 0.4) is 0 Å². The van der Waals surface area contributed by atoms with E-state index in [1.807, 2.05) is 0 Å². The van der Waals surface area contributed by atoms with Gasteiger partial charge in [0.15, 0.2) is 0 Å². The second-order valence-corrected chi connectivity index (χ2v) is 5.63. The largest absolute Gasteiger partial charge is 0.370 e. The lowest BCUT2D eigenvalue weighted by molar-refractivity contribution is -0.119. The van der Waals surface area contributed by atoms with Crippen LogP contribution in [0.4, 0.5) is 0 Å². The number of aromatic nitrogens is 2. The summed E-state index contributed by atoms with van der Waals surface area (Å²) in [6.07, 6.45) is 7.74. The van der Waals surface area contributed by atoms with E-state index in [0.29, 0.717) is 18.1 Å². The van der Waals surface area contributed by atoms with Gasteiger partial charge in [0.1, 0.15) is 11.4 Å². The Labute approximate surface area is 112 Å². The predicted molar refractivity (Wildman–Crippen MR) is 67.7 cm³/mol. The molecule has 1 atom stereocenters. The molecule has 0 aliphatic heterocycles. The molecule has 1 heterocycles. The molecule has 1 unspecified atom stereocenters. The fraction of sp³-hybridized carbons (Fsp3) is 0.786. The summed E-state index contributed by atoms with van der Waals surface area (Å²) in [6, 6.07) is 0. The van der Waals surface area contributed by atoms with Crippen molar-refractivity contribution in [1.82, 2.24) is 10.1 Å². The van der Waals surface area contributed by atoms with Crippen molar-refractivity contribution in [1.29, 1.82) is 0 Å². The molecule has 0 saturated heterocycles. The standard InChI is InChI=1S/C14H20N2O3/c1-18-14(8-3-2-4-9-14)13-15-12(19-16-13)10-6-5-7-11(10)17/h10H,2-9H2,1H3. The lowest BCUT2D eigenvalue weighted by Gasteiger charge is -2.32. The number of nitrogens with zero attached hydrogens (tertiary/aromatic N) is 2. The average molecular weight is 264 g/mol. The van der Waals surface area contributed by atoms with Gasteiger partial charge in [-0.2, -0.15) is 4.98 Å². The van der Waals surface area contributed by atoms with Gasteiger partial charge in [-0.1, -0.05) is 24.4 Å². The molecule has 0 amide bonds. The van der Waals surface area contributed by atoms with Gasteiger partial charge in [-0.3, -0.25) is 4.79 Å². The highest BCUT2D eigenvalue weighted by molar-refractivity contribution is 5.86. The molecular weight excluding hydrogens is 244 g/mol. The van der Waals surface area contributed by atoms with Crippen molar-refractivity contribution in [3.63, 3.8) is 0 Å². The summed E-state index contributed by atoms with van der Waals surface area (Å²) in [6.45, 7) is 0. The number of carbonyl (C=O) groups excluding carboxylic acids is 1. The van der Waals surface area contributed by atoms with Crippen LogP contribution in [0.5, 0.6) is 0 Å². The van der Waals surface area contributed by atoms with Gasteiger partial charge in [0.25, 0.3) is 0 Å². The van der Waals surface area contributed by atoms with E-state index in [9.17, 15) is 4.79 Å². The van der Waals surface area contributed by atoms with Crippen LogP contribution in [0.15, 0.2) is 4.52 Å². The van der Waals surface area contributed by atoms with Crippen LogP contribution in [0, 0.1) is 0 Å². The third-order valence-electron chi connectivity index (χ3n) is 4.50. The number of Topliss-reactive ketones (excluding diaryl/α,β-unsaturated/α-hetero) is 1. The summed E-state index contributed by atoms with van der Waals surface area (Å²) in [5.41, 5.74) is -0.401. The SMILES string of the molecule is COC1(c2noc(C3CCCC3=O)n2)CCCCC1. The first-order valence-electron chi connectivity index (χ1n) is 7.17. The quantitative estimate of drug-likeness (QED) is 0.839. The van der Waals surface area contributed by atoms with Crippen molar-refractivity contribution in [2.24, 2.45) is 0 Å². The van der Waals surface area contributed by atoms with Gasteiger partial charge in [-0.15, -0.1) is 0 Å². The molecule has 5 nitrogen and oxygen atoms in total. The highest BCUT2D eigenvalue weighted by Gasteiger charge is 2.40. The lowest BCUT2D eigenvalue weighted by Crippen LogP contribution is -2.32. The van der Waals surface area contributed by atoms with Gasteiger partial charge in [0, 0.05) is 13.5 Å². The highest BCUT2D eigenvalue weighted by atomic mass is 16.5. The summed E-state index contributed by atoms with van der Waals surface area (Å²) < 4.78 is 11.0. The second-order valence-electron chi connectivity index (χ2n) is 5.63. The molecule has 0 radical (unpaired) electrons. The molecule has 2 aliphatic carbocycles. The van der Waals surface area contributed by atoms with Gasteiger partial charge in [-0.25, -0.2) is 0 Å². The Hall–Kier alpha value is -1.23. The van der Waals surface area contributed by atoms with Crippen LogP contribution in [-0.2, 0) is 15.1 Å². The molecule has 0 aromatic carbocycles. The third-order valence-corrected chi connectivity index (χ3v) is 4.50. The minimum atomic E-state index is -0.401. The first-order valence-corrected chi connectivity index (χ1v) is 7.17. The van der Waals surface area contributed by atoms with Gasteiger partial charge in [0.2, 0.25) is 11.7 Å². The van der Waals surface area contributed by atoms with E-state index in [1.165, 1.54) is 6.42 Å². The van der Waals surface area contributed by atoms with Crippen molar-refractivity contribution in [2.75, 3.05) is 7.11 Å². The van der Waals surface area contributed by atoms with Crippen LogP contribution in [0.25, 0.3) is 0 Å². The minimum Gasteiger partial charge on any atom is -0.370 e. The third kappa shape index (κ3) is 2.20. The van der Waals surface area contributed by atoms with Crippen molar-refractivity contribution in [3.8, 4) is 0 Å². The van der Waals surface area contributed by atoms with Crippen molar-refractivity contribution < 1.29 is 14.1 Å². The Morgan fingerprint density at radius 1 is 1.26 bits per heavy atom. The maximum Gasteiger partial charge on any atom is 0.237 e. The molecule has 5 heteroatoms. The average Bonchev–Trinajstić information content (AvgIpc) is 3.08. The van der Waals surface area contributed by atoms with Gasteiger partial charge in [-0.05, 0) is 25.7 Å².